The van der Waals surface area contributed by atoms with E-state index in [0.29, 0.717) is 12.4 Å². The summed E-state index contributed by atoms with van der Waals surface area (Å²) in [4.78, 5) is 10.2. The number of anilines is 3. The average Bonchev–Trinajstić information content (AvgIpc) is 3.35. The van der Waals surface area contributed by atoms with Gasteiger partial charge in [0.15, 0.2) is 8.07 Å². The smallest absolute Gasteiger partial charge is 0.184 e. The molecule has 0 aliphatic carbocycles. The predicted molar refractivity (Wildman–Crippen MR) is 275 cm³/mol. The number of allylic oxidation sites excluding steroid dienone is 6. The summed E-state index contributed by atoms with van der Waals surface area (Å²) in [7, 11) is -2.85. The molecule has 314 valence electrons. The molecule has 4 nitrogen and oxygen atoms in total. The summed E-state index contributed by atoms with van der Waals surface area (Å²) in [5.41, 5.74) is 16.8. The van der Waals surface area contributed by atoms with E-state index in [-0.39, 0.29) is 0 Å². The van der Waals surface area contributed by atoms with Gasteiger partial charge < -0.3 is 10.6 Å². The lowest BCUT2D eigenvalue weighted by Gasteiger charge is -2.47. The molecule has 0 spiro atoms. The minimum absolute atomic E-state index is 0.464. The van der Waals surface area contributed by atoms with Crippen molar-refractivity contribution in [3.8, 4) is 0 Å². The van der Waals surface area contributed by atoms with Gasteiger partial charge in [-0.05, 0) is 107 Å². The quantitative estimate of drug-likeness (QED) is 0.0611. The van der Waals surface area contributed by atoms with Crippen molar-refractivity contribution in [2.45, 2.75) is 33.1 Å². The number of nitrogens with zero attached hydrogens (tertiary/aromatic N) is 3. The highest BCUT2D eigenvalue weighted by Gasteiger charge is 2.49. The number of nitrogens with two attached hydrogens (primary N) is 1. The summed E-state index contributed by atoms with van der Waals surface area (Å²) in [5.74, 6) is 1.22. The predicted octanol–water partition coefficient (Wildman–Crippen LogP) is 10.9. The molecule has 0 amide bonds. The highest BCUT2D eigenvalue weighted by Crippen LogP contribution is 2.53. The van der Waals surface area contributed by atoms with E-state index >= 15 is 0 Å². The zero-order valence-corrected chi connectivity index (χ0v) is 38.1. The van der Waals surface area contributed by atoms with E-state index in [2.05, 4.69) is 236 Å². The Morgan fingerprint density at radius 2 is 1.06 bits per heavy atom. The van der Waals surface area contributed by atoms with Crippen molar-refractivity contribution in [1.29, 1.82) is 0 Å². The van der Waals surface area contributed by atoms with E-state index in [4.69, 9.17) is 10.7 Å². The molecule has 0 unspecified atom stereocenters. The number of benzene rings is 7. The van der Waals surface area contributed by atoms with Crippen molar-refractivity contribution in [2.75, 3.05) is 16.3 Å². The molecule has 2 aliphatic heterocycles. The Morgan fingerprint density at radius 1 is 0.594 bits per heavy atom. The molecular weight excluding hydrogens is 793 g/mol. The van der Waals surface area contributed by atoms with Crippen LogP contribution in [0.2, 0.25) is 0 Å². The molecule has 2 N–H and O–H groups in total. The Labute approximate surface area is 380 Å². The normalized spacial score (nSPS) is 15.9. The van der Waals surface area contributed by atoms with Crippen LogP contribution in [0.25, 0.3) is 0 Å². The monoisotopic (exact) mass is 846 g/mol. The molecule has 0 atom stereocenters. The molecule has 0 fully saturated rings. The van der Waals surface area contributed by atoms with Crippen LogP contribution in [-0.4, -0.2) is 20.5 Å². The summed E-state index contributed by atoms with van der Waals surface area (Å²) in [6.45, 7) is 8.98. The van der Waals surface area contributed by atoms with Crippen LogP contribution in [0.4, 0.5) is 17.1 Å². The van der Waals surface area contributed by atoms with Crippen molar-refractivity contribution in [1.82, 2.24) is 0 Å². The van der Waals surface area contributed by atoms with E-state index < -0.39 is 13.5 Å². The fraction of sp³-hybridized carbons (Fsp3) is 0.102. The highest BCUT2D eigenvalue weighted by molar-refractivity contribution is 7.21. The lowest BCUT2D eigenvalue weighted by molar-refractivity contribution is 0.688. The lowest BCUT2D eigenvalue weighted by Crippen LogP contribution is -2.77. The third-order valence-corrected chi connectivity index (χ3v) is 17.8. The first-order chi connectivity index (χ1) is 31.5. The number of rotatable bonds is 11. The van der Waals surface area contributed by atoms with Gasteiger partial charge in [0.1, 0.15) is 11.7 Å². The molecule has 0 radical (unpaired) electrons. The zero-order chi connectivity index (χ0) is 44.1. The van der Waals surface area contributed by atoms with Gasteiger partial charge in [0.2, 0.25) is 0 Å². The number of fused-ring (bicyclic) bond motifs is 3. The SMILES string of the molecule is C\C=C/C=C(C)/C(N)=N/C(=C\CN1C(/C=C\C)=C(C)C(c2ccccc2)(c2ccccc2)c2ccccc21)N1c2ccccc2[Si](c2ccccc2)(c2ccccc2)c2ccccc21. The van der Waals surface area contributed by atoms with Gasteiger partial charge in [0.05, 0.1) is 5.41 Å². The summed E-state index contributed by atoms with van der Waals surface area (Å²) in [5, 5.41) is 5.27. The maximum Gasteiger partial charge on any atom is 0.184 e. The fourth-order valence-corrected chi connectivity index (χ4v) is 15.3. The molecule has 0 bridgehead atoms. The Morgan fingerprint density at radius 3 is 1.58 bits per heavy atom. The van der Waals surface area contributed by atoms with Gasteiger partial charge in [-0.25, -0.2) is 4.99 Å². The van der Waals surface area contributed by atoms with Crippen molar-refractivity contribution < 1.29 is 0 Å². The van der Waals surface area contributed by atoms with E-state index in [9.17, 15) is 0 Å². The van der Waals surface area contributed by atoms with Gasteiger partial charge in [-0.3, -0.25) is 4.90 Å². The zero-order valence-electron chi connectivity index (χ0n) is 37.1. The second kappa shape index (κ2) is 18.1. The number of amidine groups is 1. The summed E-state index contributed by atoms with van der Waals surface area (Å²) < 4.78 is 0. The van der Waals surface area contributed by atoms with Gasteiger partial charge in [-0.2, -0.15) is 0 Å². The summed E-state index contributed by atoms with van der Waals surface area (Å²) >= 11 is 0. The molecule has 0 aromatic heterocycles. The molecule has 0 saturated carbocycles. The molecule has 5 heteroatoms. The Bertz CT molecular complexity index is 2830. The van der Waals surface area contributed by atoms with Crippen LogP contribution in [0, 0.1) is 0 Å². The van der Waals surface area contributed by atoms with Gasteiger partial charge in [-0.15, -0.1) is 0 Å². The van der Waals surface area contributed by atoms with Crippen LogP contribution >= 0.6 is 0 Å². The molecule has 2 heterocycles. The number of aliphatic imine (C=N–C) groups is 1. The molecule has 7 aromatic rings. The molecular formula is C59H54N4Si. The molecule has 64 heavy (non-hydrogen) atoms. The van der Waals surface area contributed by atoms with Crippen LogP contribution in [-0.2, 0) is 5.41 Å². The average molecular weight is 847 g/mol. The fourth-order valence-electron chi connectivity index (χ4n) is 10.2. The molecule has 7 aromatic carbocycles. The van der Waals surface area contributed by atoms with Crippen LogP contribution in [0.1, 0.15) is 44.4 Å². The minimum atomic E-state index is -2.85. The highest BCUT2D eigenvalue weighted by atomic mass is 28.3. The second-order valence-electron chi connectivity index (χ2n) is 16.4. The standard InChI is InChI=1S/C59H54N4Si/c1-5-7-27-44(3)58(60)61-57(63-53-38-22-24-40-55(53)64(48-32-16-10-17-33-48,49-34-18-11-19-35-49)56-41-25-23-39-54(56)63)42-43-62-51(26-6-2)45(4)59(46-28-12-8-13-29-46,47-30-14-9-15-31-47)50-36-20-21-37-52(50)62/h5-42H,43H2,1-4H3,(H2,60,61)/b7-5-,26-6-,44-27+,57-42+. The van der Waals surface area contributed by atoms with Crippen LogP contribution in [0.5, 0.6) is 0 Å². The Kier molecular flexibility index (Phi) is 11.8. The van der Waals surface area contributed by atoms with Crippen molar-refractivity contribution in [3.05, 3.63) is 270 Å². The molecule has 9 rings (SSSR count). The second-order valence-corrected chi connectivity index (χ2v) is 20.1. The van der Waals surface area contributed by atoms with Gasteiger partial charge >= 0.3 is 0 Å². The van der Waals surface area contributed by atoms with Gasteiger partial charge in [0, 0.05) is 29.3 Å². The Hall–Kier alpha value is -7.47. The minimum Gasteiger partial charge on any atom is -0.383 e. The van der Waals surface area contributed by atoms with Crippen molar-refractivity contribution in [3.63, 3.8) is 0 Å². The van der Waals surface area contributed by atoms with E-state index in [0.717, 1.165) is 34.2 Å². The van der Waals surface area contributed by atoms with Crippen LogP contribution in [0.15, 0.2) is 258 Å². The number of para-hydroxylation sites is 3. The maximum absolute atomic E-state index is 7.04. The first-order valence-electron chi connectivity index (χ1n) is 22.2. The molecule has 2 aliphatic rings. The topological polar surface area (TPSA) is 44.9 Å². The van der Waals surface area contributed by atoms with Crippen molar-refractivity contribution in [2.24, 2.45) is 10.7 Å². The van der Waals surface area contributed by atoms with E-state index in [1.165, 1.54) is 43.0 Å². The lowest BCUT2D eigenvalue weighted by atomic mass is 9.62. The van der Waals surface area contributed by atoms with Crippen LogP contribution in [0.3, 0.4) is 0 Å². The summed E-state index contributed by atoms with van der Waals surface area (Å²) in [6.07, 6.45) is 12.8. The van der Waals surface area contributed by atoms with E-state index in [1.54, 1.807) is 0 Å². The number of hydrogen-bond donors (Lipinski definition) is 1. The number of hydrogen-bond acceptors (Lipinski definition) is 3. The largest absolute Gasteiger partial charge is 0.383 e. The summed E-state index contributed by atoms with van der Waals surface area (Å²) in [6, 6.07) is 71.0. The maximum atomic E-state index is 7.04. The first-order valence-corrected chi connectivity index (χ1v) is 24.2. The van der Waals surface area contributed by atoms with Crippen LogP contribution < -0.4 is 36.3 Å². The third-order valence-electron chi connectivity index (χ3n) is 12.9. The Balaban J connectivity index is 1.30. The van der Waals surface area contributed by atoms with Crippen molar-refractivity contribution >= 4 is 51.7 Å². The third kappa shape index (κ3) is 6.99. The first kappa shape index (κ1) is 41.9. The van der Waals surface area contributed by atoms with Gasteiger partial charge in [0.25, 0.3) is 0 Å². The van der Waals surface area contributed by atoms with E-state index in [1.807, 2.05) is 32.1 Å². The molecule has 0 saturated heterocycles. The van der Waals surface area contributed by atoms with Gasteiger partial charge in [-0.1, -0.05) is 200 Å².